The minimum atomic E-state index is -3.59. The third-order valence-corrected chi connectivity index (χ3v) is 4.41. The van der Waals surface area contributed by atoms with E-state index in [9.17, 15) is 13.2 Å². The lowest BCUT2D eigenvalue weighted by atomic mass is 10.2. The Morgan fingerprint density at radius 3 is 2.00 bits per heavy atom. The van der Waals surface area contributed by atoms with Gasteiger partial charge in [0.15, 0.2) is 5.78 Å². The van der Waals surface area contributed by atoms with Crippen LogP contribution in [0.4, 0.5) is 0 Å². The second kappa shape index (κ2) is 6.45. The fraction of sp³-hybridized carbons (Fsp3) is 0.214. The van der Waals surface area contributed by atoms with Crippen LogP contribution in [-0.2, 0) is 10.0 Å². The van der Waals surface area contributed by atoms with Crippen LogP contribution in [0.1, 0.15) is 17.3 Å². The summed E-state index contributed by atoms with van der Waals surface area (Å²) in [4.78, 5) is 11.3. The number of ketones is 1. The van der Waals surface area contributed by atoms with Crippen LogP contribution in [0.5, 0.6) is 0 Å². The standard InChI is InChI=1S/C14H17NO3S/c1-4-10-15(11-5-2)19(17,18)14-8-6-13(7-9-14)12(3)16/h4-9H,1-2,10-11H2,3H3. The maximum absolute atomic E-state index is 12.3. The zero-order valence-electron chi connectivity index (χ0n) is 10.9. The Bertz CT molecular complexity index is 563. The molecule has 0 fully saturated rings. The van der Waals surface area contributed by atoms with Crippen molar-refractivity contribution in [1.82, 2.24) is 4.31 Å². The van der Waals surface area contributed by atoms with Gasteiger partial charge < -0.3 is 0 Å². The predicted octanol–water partition coefficient (Wildman–Crippen LogP) is 2.25. The third kappa shape index (κ3) is 3.62. The first-order valence-corrected chi connectivity index (χ1v) is 7.20. The van der Waals surface area contributed by atoms with Gasteiger partial charge in [-0.3, -0.25) is 4.79 Å². The zero-order valence-corrected chi connectivity index (χ0v) is 11.7. The molecule has 4 nitrogen and oxygen atoms in total. The highest BCUT2D eigenvalue weighted by molar-refractivity contribution is 7.89. The van der Waals surface area contributed by atoms with Crippen molar-refractivity contribution >= 4 is 15.8 Å². The van der Waals surface area contributed by atoms with E-state index < -0.39 is 10.0 Å². The van der Waals surface area contributed by atoms with Crippen molar-refractivity contribution in [2.75, 3.05) is 13.1 Å². The van der Waals surface area contributed by atoms with E-state index in [2.05, 4.69) is 13.2 Å². The number of carbonyl (C=O) groups is 1. The molecule has 0 N–H and O–H groups in total. The molecular formula is C14H17NO3S. The van der Waals surface area contributed by atoms with Crippen molar-refractivity contribution in [1.29, 1.82) is 0 Å². The van der Waals surface area contributed by atoms with Crippen LogP contribution in [0.15, 0.2) is 54.5 Å². The molecule has 1 aromatic carbocycles. The average Bonchev–Trinajstić information content (AvgIpc) is 2.38. The molecule has 0 unspecified atom stereocenters. The van der Waals surface area contributed by atoms with E-state index in [1.165, 1.54) is 47.6 Å². The molecule has 0 aliphatic heterocycles. The summed E-state index contributed by atoms with van der Waals surface area (Å²) >= 11 is 0. The maximum atomic E-state index is 12.3. The van der Waals surface area contributed by atoms with Gasteiger partial charge in [-0.05, 0) is 19.1 Å². The smallest absolute Gasteiger partial charge is 0.243 e. The van der Waals surface area contributed by atoms with Gasteiger partial charge in [-0.15, -0.1) is 13.2 Å². The van der Waals surface area contributed by atoms with Crippen LogP contribution in [0.3, 0.4) is 0 Å². The van der Waals surface area contributed by atoms with Crippen molar-refractivity contribution < 1.29 is 13.2 Å². The number of sulfonamides is 1. The third-order valence-electron chi connectivity index (χ3n) is 2.56. The average molecular weight is 279 g/mol. The second-order valence-corrected chi connectivity index (χ2v) is 5.92. The van der Waals surface area contributed by atoms with E-state index >= 15 is 0 Å². The summed E-state index contributed by atoms with van der Waals surface area (Å²) in [6.07, 6.45) is 3.04. The molecule has 102 valence electrons. The molecule has 19 heavy (non-hydrogen) atoms. The first kappa shape index (κ1) is 15.3. The van der Waals surface area contributed by atoms with Gasteiger partial charge in [0, 0.05) is 18.7 Å². The summed E-state index contributed by atoms with van der Waals surface area (Å²) < 4.78 is 25.9. The Hall–Kier alpha value is -1.72. The van der Waals surface area contributed by atoms with Crippen molar-refractivity contribution in [2.24, 2.45) is 0 Å². The number of hydrogen-bond donors (Lipinski definition) is 0. The van der Waals surface area contributed by atoms with Crippen LogP contribution in [0.2, 0.25) is 0 Å². The number of benzene rings is 1. The molecule has 0 bridgehead atoms. The van der Waals surface area contributed by atoms with Crippen LogP contribution in [-0.4, -0.2) is 31.6 Å². The molecular weight excluding hydrogens is 262 g/mol. The van der Waals surface area contributed by atoms with Crippen molar-refractivity contribution in [3.05, 3.63) is 55.1 Å². The number of hydrogen-bond acceptors (Lipinski definition) is 3. The molecule has 0 amide bonds. The van der Waals surface area contributed by atoms with E-state index in [-0.39, 0.29) is 23.8 Å². The molecule has 0 radical (unpaired) electrons. The van der Waals surface area contributed by atoms with Gasteiger partial charge in [0.2, 0.25) is 10.0 Å². The quantitative estimate of drug-likeness (QED) is 0.568. The first-order chi connectivity index (χ1) is 8.93. The highest BCUT2D eigenvalue weighted by Gasteiger charge is 2.22. The fourth-order valence-electron chi connectivity index (χ4n) is 1.57. The Kier molecular flexibility index (Phi) is 5.20. The molecule has 0 aliphatic rings. The van der Waals surface area contributed by atoms with Gasteiger partial charge in [0.1, 0.15) is 0 Å². The molecule has 0 saturated carbocycles. The molecule has 1 rings (SSSR count). The molecule has 0 saturated heterocycles. The summed E-state index contributed by atoms with van der Waals surface area (Å²) in [7, 11) is -3.59. The summed E-state index contributed by atoms with van der Waals surface area (Å²) in [6, 6.07) is 5.89. The number of nitrogens with zero attached hydrogens (tertiary/aromatic N) is 1. The number of carbonyl (C=O) groups excluding carboxylic acids is 1. The van der Waals surface area contributed by atoms with Crippen LogP contribution >= 0.6 is 0 Å². The van der Waals surface area contributed by atoms with Crippen molar-refractivity contribution in [3.63, 3.8) is 0 Å². The maximum Gasteiger partial charge on any atom is 0.243 e. The van der Waals surface area contributed by atoms with Gasteiger partial charge in [-0.25, -0.2) is 8.42 Å². The normalized spacial score (nSPS) is 11.3. The number of Topliss-reactive ketones (excluding diaryl/α,β-unsaturated/α-hetero) is 1. The lowest BCUT2D eigenvalue weighted by Crippen LogP contribution is -2.31. The van der Waals surface area contributed by atoms with Crippen molar-refractivity contribution in [3.8, 4) is 0 Å². The summed E-state index contributed by atoms with van der Waals surface area (Å²) in [5.41, 5.74) is 0.484. The fourth-order valence-corrected chi connectivity index (χ4v) is 2.95. The molecule has 0 spiro atoms. The van der Waals surface area contributed by atoms with Gasteiger partial charge in [0.25, 0.3) is 0 Å². The van der Waals surface area contributed by atoms with Crippen LogP contribution < -0.4 is 0 Å². The van der Waals surface area contributed by atoms with Gasteiger partial charge in [-0.1, -0.05) is 24.3 Å². The first-order valence-electron chi connectivity index (χ1n) is 5.76. The monoisotopic (exact) mass is 279 g/mol. The molecule has 0 aliphatic carbocycles. The lowest BCUT2D eigenvalue weighted by Gasteiger charge is -2.19. The summed E-state index contributed by atoms with van der Waals surface area (Å²) in [5.74, 6) is -0.0991. The van der Waals surface area contributed by atoms with E-state index in [1.807, 2.05) is 0 Å². The topological polar surface area (TPSA) is 54.5 Å². The molecule has 0 atom stereocenters. The summed E-state index contributed by atoms with van der Waals surface area (Å²) in [6.45, 7) is 8.94. The number of rotatable bonds is 7. The molecule has 0 aromatic heterocycles. The van der Waals surface area contributed by atoms with E-state index in [0.29, 0.717) is 5.56 Å². The van der Waals surface area contributed by atoms with Gasteiger partial charge in [-0.2, -0.15) is 4.31 Å². The van der Waals surface area contributed by atoms with Crippen molar-refractivity contribution in [2.45, 2.75) is 11.8 Å². The zero-order chi connectivity index (χ0) is 14.5. The molecule has 1 aromatic rings. The lowest BCUT2D eigenvalue weighted by molar-refractivity contribution is 0.101. The van der Waals surface area contributed by atoms with E-state index in [1.54, 1.807) is 0 Å². The van der Waals surface area contributed by atoms with E-state index in [0.717, 1.165) is 0 Å². The Morgan fingerprint density at radius 2 is 1.63 bits per heavy atom. The largest absolute Gasteiger partial charge is 0.295 e. The minimum absolute atomic E-state index is 0.0991. The Morgan fingerprint density at radius 1 is 1.16 bits per heavy atom. The second-order valence-electron chi connectivity index (χ2n) is 3.98. The Balaban J connectivity index is 3.13. The highest BCUT2D eigenvalue weighted by atomic mass is 32.2. The van der Waals surface area contributed by atoms with Gasteiger partial charge >= 0.3 is 0 Å². The SMILES string of the molecule is C=CCN(CC=C)S(=O)(=O)c1ccc(C(C)=O)cc1. The summed E-state index contributed by atoms with van der Waals surface area (Å²) in [5, 5.41) is 0. The Labute approximate surface area is 114 Å². The van der Waals surface area contributed by atoms with Crippen LogP contribution in [0.25, 0.3) is 0 Å². The molecule has 5 heteroatoms. The molecule has 0 heterocycles. The van der Waals surface area contributed by atoms with Gasteiger partial charge in [0.05, 0.1) is 4.90 Å². The van der Waals surface area contributed by atoms with E-state index in [4.69, 9.17) is 0 Å². The van der Waals surface area contributed by atoms with Crippen LogP contribution in [0, 0.1) is 0 Å². The highest BCUT2D eigenvalue weighted by Crippen LogP contribution is 2.16. The predicted molar refractivity (Wildman–Crippen MR) is 75.6 cm³/mol. The minimum Gasteiger partial charge on any atom is -0.295 e.